The maximum atomic E-state index is 6.85. The second kappa shape index (κ2) is 35.9. The van der Waals surface area contributed by atoms with E-state index in [1.54, 1.807) is 0 Å². The first kappa shape index (κ1) is 39.1. The number of rotatable bonds is 29. The number of hydrogen-bond donors (Lipinski definition) is 0. The molecule has 0 aliphatic rings. The fourth-order valence-corrected chi connectivity index (χ4v) is 5.12. The van der Waals surface area contributed by atoms with E-state index in [2.05, 4.69) is 27.7 Å². The molecule has 0 fully saturated rings. The Labute approximate surface area is 236 Å². The van der Waals surface area contributed by atoms with Crippen LogP contribution >= 0.6 is 0 Å². The Morgan fingerprint density at radius 1 is 0.324 bits per heavy atom. The zero-order valence-corrected chi connectivity index (χ0v) is 27.1. The van der Waals surface area contributed by atoms with Gasteiger partial charge in [0.25, 0.3) is 0 Å². The fourth-order valence-electron chi connectivity index (χ4n) is 5.12. The minimum Gasteiger partial charge on any atom is -0.382 e. The van der Waals surface area contributed by atoms with Crippen molar-refractivity contribution >= 4 is 0 Å². The summed E-state index contributed by atoms with van der Waals surface area (Å²) in [5.41, 5.74) is 0. The Morgan fingerprint density at radius 2 is 0.568 bits per heavy atom. The SMILES string of the molecule is CCCCCCCCCCC(CCCCC)OC(CCCCC)CCCCCCCCC.CCOCC. The van der Waals surface area contributed by atoms with E-state index >= 15 is 0 Å². The molecule has 37 heavy (non-hydrogen) atoms. The molecule has 0 heterocycles. The van der Waals surface area contributed by atoms with E-state index in [-0.39, 0.29) is 0 Å². The second-order valence-electron chi connectivity index (χ2n) is 11.3. The molecule has 0 radical (unpaired) electrons. The molecule has 0 spiro atoms. The van der Waals surface area contributed by atoms with E-state index in [0.717, 1.165) is 13.2 Å². The maximum Gasteiger partial charge on any atom is 0.0578 e. The van der Waals surface area contributed by atoms with Crippen LogP contribution in [-0.2, 0) is 9.47 Å². The Hall–Kier alpha value is -0.0800. The van der Waals surface area contributed by atoms with Gasteiger partial charge in [0.15, 0.2) is 0 Å². The van der Waals surface area contributed by atoms with Crippen LogP contribution in [0.4, 0.5) is 0 Å². The minimum atomic E-state index is 0.526. The molecule has 0 aromatic rings. The van der Waals surface area contributed by atoms with Crippen molar-refractivity contribution in [2.45, 2.75) is 214 Å². The van der Waals surface area contributed by atoms with Crippen molar-refractivity contribution in [2.24, 2.45) is 0 Å². The Kier molecular flexibility index (Phi) is 37.9. The summed E-state index contributed by atoms with van der Waals surface area (Å²) in [6.45, 7) is 14.9. The number of ether oxygens (including phenoxy) is 2. The maximum absolute atomic E-state index is 6.85. The number of hydrogen-bond acceptors (Lipinski definition) is 2. The first-order valence-corrected chi connectivity index (χ1v) is 17.4. The lowest BCUT2D eigenvalue weighted by Gasteiger charge is -2.26. The fraction of sp³-hybridized carbons (Fsp3) is 1.00. The summed E-state index contributed by atoms with van der Waals surface area (Å²) in [7, 11) is 0. The molecule has 0 rings (SSSR count). The summed E-state index contributed by atoms with van der Waals surface area (Å²) in [4.78, 5) is 0. The standard InChI is InChI=1S/C31H64O.C4H10O/c1-5-9-13-15-17-19-21-25-29-31(27-23-12-8-4)32-30(26-22-11-7-3)28-24-20-18-16-14-10-6-2;1-3-5-4-2/h30-31H,5-29H2,1-4H3;3-4H2,1-2H3. The third-order valence-corrected chi connectivity index (χ3v) is 7.56. The highest BCUT2D eigenvalue weighted by atomic mass is 16.5. The van der Waals surface area contributed by atoms with Gasteiger partial charge < -0.3 is 9.47 Å². The molecule has 2 heteroatoms. The van der Waals surface area contributed by atoms with E-state index in [9.17, 15) is 0 Å². The van der Waals surface area contributed by atoms with Gasteiger partial charge in [0.05, 0.1) is 12.2 Å². The lowest BCUT2D eigenvalue weighted by atomic mass is 10.00. The van der Waals surface area contributed by atoms with Crippen molar-refractivity contribution in [3.63, 3.8) is 0 Å². The first-order chi connectivity index (χ1) is 18.2. The van der Waals surface area contributed by atoms with Gasteiger partial charge in [-0.25, -0.2) is 0 Å². The average Bonchev–Trinajstić information content (AvgIpc) is 2.90. The van der Waals surface area contributed by atoms with Gasteiger partial charge in [0.2, 0.25) is 0 Å². The highest BCUT2D eigenvalue weighted by Crippen LogP contribution is 2.22. The molecule has 0 amide bonds. The molecular formula is C35H74O2. The van der Waals surface area contributed by atoms with Crippen LogP contribution in [0.5, 0.6) is 0 Å². The van der Waals surface area contributed by atoms with Crippen molar-refractivity contribution in [1.82, 2.24) is 0 Å². The topological polar surface area (TPSA) is 18.5 Å². The third kappa shape index (κ3) is 33.9. The largest absolute Gasteiger partial charge is 0.382 e. The van der Waals surface area contributed by atoms with Crippen LogP contribution in [-0.4, -0.2) is 25.4 Å². The predicted molar refractivity (Wildman–Crippen MR) is 169 cm³/mol. The Balaban J connectivity index is 0. The average molecular weight is 527 g/mol. The van der Waals surface area contributed by atoms with Crippen molar-refractivity contribution in [3.8, 4) is 0 Å². The summed E-state index contributed by atoms with van der Waals surface area (Å²) in [6.07, 6.45) is 35.6. The lowest BCUT2D eigenvalue weighted by molar-refractivity contribution is -0.0323. The van der Waals surface area contributed by atoms with Gasteiger partial charge in [-0.1, -0.05) is 163 Å². The van der Waals surface area contributed by atoms with Crippen molar-refractivity contribution in [3.05, 3.63) is 0 Å². The van der Waals surface area contributed by atoms with Crippen molar-refractivity contribution < 1.29 is 9.47 Å². The predicted octanol–water partition coefficient (Wildman–Crippen LogP) is 12.6. The molecule has 0 aliphatic heterocycles. The normalized spacial score (nSPS) is 12.8. The molecule has 0 aromatic heterocycles. The van der Waals surface area contributed by atoms with Gasteiger partial charge in [0, 0.05) is 13.2 Å². The minimum absolute atomic E-state index is 0.526. The van der Waals surface area contributed by atoms with Gasteiger partial charge in [-0.05, 0) is 39.5 Å². The quantitative estimate of drug-likeness (QED) is 0.0902. The molecule has 2 nitrogen and oxygen atoms in total. The molecule has 2 unspecified atom stereocenters. The highest BCUT2D eigenvalue weighted by molar-refractivity contribution is 4.67. The smallest absolute Gasteiger partial charge is 0.0578 e. The third-order valence-electron chi connectivity index (χ3n) is 7.56. The molecule has 0 N–H and O–H groups in total. The molecule has 0 aromatic carbocycles. The van der Waals surface area contributed by atoms with Crippen molar-refractivity contribution in [2.75, 3.05) is 13.2 Å². The van der Waals surface area contributed by atoms with E-state index < -0.39 is 0 Å². The van der Waals surface area contributed by atoms with Crippen LogP contribution in [0.1, 0.15) is 202 Å². The Bertz CT molecular complexity index is 368. The highest BCUT2D eigenvalue weighted by Gasteiger charge is 2.16. The molecule has 0 saturated carbocycles. The summed E-state index contributed by atoms with van der Waals surface area (Å²) < 4.78 is 11.7. The summed E-state index contributed by atoms with van der Waals surface area (Å²) in [6, 6.07) is 0. The summed E-state index contributed by atoms with van der Waals surface area (Å²) in [5.74, 6) is 0. The Morgan fingerprint density at radius 3 is 0.838 bits per heavy atom. The van der Waals surface area contributed by atoms with Crippen LogP contribution in [0.2, 0.25) is 0 Å². The molecular weight excluding hydrogens is 452 g/mol. The first-order valence-electron chi connectivity index (χ1n) is 17.4. The van der Waals surface area contributed by atoms with E-state index in [0.29, 0.717) is 12.2 Å². The number of unbranched alkanes of at least 4 members (excludes halogenated alkanes) is 17. The van der Waals surface area contributed by atoms with Crippen LogP contribution in [0, 0.1) is 0 Å². The molecule has 226 valence electrons. The van der Waals surface area contributed by atoms with Crippen LogP contribution < -0.4 is 0 Å². The van der Waals surface area contributed by atoms with E-state index in [1.807, 2.05) is 13.8 Å². The van der Waals surface area contributed by atoms with Gasteiger partial charge >= 0.3 is 0 Å². The van der Waals surface area contributed by atoms with Crippen LogP contribution in [0.3, 0.4) is 0 Å². The molecule has 0 aliphatic carbocycles. The van der Waals surface area contributed by atoms with Gasteiger partial charge in [0.1, 0.15) is 0 Å². The van der Waals surface area contributed by atoms with E-state index in [4.69, 9.17) is 9.47 Å². The van der Waals surface area contributed by atoms with Gasteiger partial charge in [-0.2, -0.15) is 0 Å². The summed E-state index contributed by atoms with van der Waals surface area (Å²) >= 11 is 0. The molecule has 0 saturated heterocycles. The van der Waals surface area contributed by atoms with Crippen LogP contribution in [0.25, 0.3) is 0 Å². The zero-order chi connectivity index (χ0) is 27.7. The second-order valence-corrected chi connectivity index (χ2v) is 11.3. The zero-order valence-electron chi connectivity index (χ0n) is 27.1. The summed E-state index contributed by atoms with van der Waals surface area (Å²) in [5, 5.41) is 0. The van der Waals surface area contributed by atoms with Gasteiger partial charge in [-0.15, -0.1) is 0 Å². The monoisotopic (exact) mass is 527 g/mol. The van der Waals surface area contributed by atoms with Crippen LogP contribution in [0.15, 0.2) is 0 Å². The van der Waals surface area contributed by atoms with Crippen molar-refractivity contribution in [1.29, 1.82) is 0 Å². The molecule has 2 atom stereocenters. The lowest BCUT2D eigenvalue weighted by Crippen LogP contribution is -2.23. The van der Waals surface area contributed by atoms with Gasteiger partial charge in [-0.3, -0.25) is 0 Å². The van der Waals surface area contributed by atoms with E-state index in [1.165, 1.54) is 161 Å². The molecule has 0 bridgehead atoms.